The van der Waals surface area contributed by atoms with Crippen molar-refractivity contribution < 1.29 is 28.6 Å². The molecule has 1 amide bonds. The van der Waals surface area contributed by atoms with E-state index in [1.54, 1.807) is 20.8 Å². The minimum Gasteiger partial charge on any atom is -0.460 e. The highest BCUT2D eigenvalue weighted by molar-refractivity contribution is 14.1. The average molecular weight is 425 g/mol. The topological polar surface area (TPSA) is 90.9 Å². The van der Waals surface area contributed by atoms with Gasteiger partial charge in [0.25, 0.3) is 0 Å². The molecule has 0 aliphatic carbocycles. The van der Waals surface area contributed by atoms with Gasteiger partial charge in [0.15, 0.2) is 4.11 Å². The lowest BCUT2D eigenvalue weighted by Gasteiger charge is -2.24. The Bertz CT molecular complexity index is 459. The zero-order chi connectivity index (χ0) is 16.9. The first-order valence-electron chi connectivity index (χ1n) is 6.75. The van der Waals surface area contributed by atoms with Gasteiger partial charge in [0.1, 0.15) is 18.2 Å². The first kappa shape index (κ1) is 18.7. The van der Waals surface area contributed by atoms with E-state index in [9.17, 15) is 14.4 Å². The summed E-state index contributed by atoms with van der Waals surface area (Å²) in [5.74, 6) is -2.07. The smallest absolute Gasteiger partial charge is 0.408 e. The maximum atomic E-state index is 12.1. The van der Waals surface area contributed by atoms with E-state index in [1.807, 2.05) is 22.6 Å². The molecular formula is C14H20INO6. The predicted molar refractivity (Wildman–Crippen MR) is 86.3 cm³/mol. The molecule has 3 atom stereocenters. The molecule has 1 aliphatic heterocycles. The Morgan fingerprint density at radius 2 is 2.18 bits per heavy atom. The number of alkyl carbamates (subject to hydrolysis) is 1. The van der Waals surface area contributed by atoms with Crippen LogP contribution in [0.2, 0.25) is 0 Å². The predicted octanol–water partition coefficient (Wildman–Crippen LogP) is 1.93. The molecule has 1 heterocycles. The summed E-state index contributed by atoms with van der Waals surface area (Å²) < 4.78 is 14.7. The van der Waals surface area contributed by atoms with Crippen molar-refractivity contribution in [2.24, 2.45) is 5.92 Å². The summed E-state index contributed by atoms with van der Waals surface area (Å²) in [6, 6.07) is -1.15. The molecule has 1 saturated heterocycles. The van der Waals surface area contributed by atoms with Gasteiger partial charge >= 0.3 is 18.0 Å². The fraction of sp³-hybridized carbons (Fsp3) is 0.643. The SMILES string of the molecule is C=CCOC(=O)C(NC(=O)OC(C)(C)C)C1CC(I)OC1=O. The van der Waals surface area contributed by atoms with Gasteiger partial charge in [-0.1, -0.05) is 12.7 Å². The fourth-order valence-corrected chi connectivity index (χ4v) is 2.62. The highest BCUT2D eigenvalue weighted by Gasteiger charge is 2.44. The molecule has 3 unspecified atom stereocenters. The lowest BCUT2D eigenvalue weighted by atomic mass is 9.98. The third-order valence-electron chi connectivity index (χ3n) is 2.66. The van der Waals surface area contributed by atoms with Gasteiger partial charge in [-0.2, -0.15) is 0 Å². The summed E-state index contributed by atoms with van der Waals surface area (Å²) >= 11 is 1.95. The van der Waals surface area contributed by atoms with Crippen LogP contribution in [0.15, 0.2) is 12.7 Å². The number of rotatable bonds is 5. The number of carbonyl (C=O) groups is 3. The van der Waals surface area contributed by atoms with Gasteiger partial charge in [0, 0.05) is 6.42 Å². The normalized spacial score (nSPS) is 22.5. The molecule has 0 spiro atoms. The Morgan fingerprint density at radius 3 is 2.64 bits per heavy atom. The Morgan fingerprint density at radius 1 is 1.55 bits per heavy atom. The Balaban J connectivity index is 2.82. The second-order valence-electron chi connectivity index (χ2n) is 5.73. The first-order chi connectivity index (χ1) is 10.1. The molecule has 7 nitrogen and oxygen atoms in total. The van der Waals surface area contributed by atoms with E-state index in [1.165, 1.54) is 6.08 Å². The largest absolute Gasteiger partial charge is 0.460 e. The molecule has 124 valence electrons. The third kappa shape index (κ3) is 5.82. The van der Waals surface area contributed by atoms with Crippen LogP contribution in [-0.2, 0) is 23.8 Å². The molecule has 0 bridgehead atoms. The van der Waals surface area contributed by atoms with Crippen LogP contribution >= 0.6 is 22.6 Å². The zero-order valence-corrected chi connectivity index (χ0v) is 14.9. The van der Waals surface area contributed by atoms with Crippen LogP contribution in [0.25, 0.3) is 0 Å². The molecule has 1 fully saturated rings. The number of cyclic esters (lactones) is 1. The molecule has 1 rings (SSSR count). The molecule has 0 aromatic rings. The van der Waals surface area contributed by atoms with Crippen molar-refractivity contribution in [3.63, 3.8) is 0 Å². The third-order valence-corrected chi connectivity index (χ3v) is 3.42. The number of alkyl halides is 1. The van der Waals surface area contributed by atoms with Gasteiger partial charge in [-0.05, 0) is 43.4 Å². The Kier molecular flexibility index (Phi) is 6.64. The lowest BCUT2D eigenvalue weighted by Crippen LogP contribution is -2.49. The van der Waals surface area contributed by atoms with Crippen molar-refractivity contribution in [1.82, 2.24) is 5.32 Å². The van der Waals surface area contributed by atoms with Crippen molar-refractivity contribution in [3.05, 3.63) is 12.7 Å². The second-order valence-corrected chi connectivity index (χ2v) is 7.12. The van der Waals surface area contributed by atoms with Crippen LogP contribution in [0.3, 0.4) is 0 Å². The average Bonchev–Trinajstić information content (AvgIpc) is 2.70. The van der Waals surface area contributed by atoms with Crippen LogP contribution in [-0.4, -0.2) is 40.4 Å². The summed E-state index contributed by atoms with van der Waals surface area (Å²) in [7, 11) is 0. The summed E-state index contributed by atoms with van der Waals surface area (Å²) in [6.07, 6.45) is 0.914. The second kappa shape index (κ2) is 7.80. The summed E-state index contributed by atoms with van der Waals surface area (Å²) in [6.45, 7) is 8.52. The van der Waals surface area contributed by atoms with Crippen molar-refractivity contribution in [2.45, 2.75) is 42.9 Å². The number of amides is 1. The minimum atomic E-state index is -1.15. The Hall–Kier alpha value is -1.32. The lowest BCUT2D eigenvalue weighted by molar-refractivity contribution is -0.152. The van der Waals surface area contributed by atoms with Gasteiger partial charge in [0.05, 0.1) is 5.92 Å². The van der Waals surface area contributed by atoms with E-state index in [-0.39, 0.29) is 10.7 Å². The van der Waals surface area contributed by atoms with E-state index < -0.39 is 35.6 Å². The van der Waals surface area contributed by atoms with Crippen molar-refractivity contribution in [3.8, 4) is 0 Å². The molecule has 0 radical (unpaired) electrons. The van der Waals surface area contributed by atoms with Gasteiger partial charge in [-0.3, -0.25) is 4.79 Å². The van der Waals surface area contributed by atoms with Crippen LogP contribution in [0.5, 0.6) is 0 Å². The fourth-order valence-electron chi connectivity index (χ4n) is 1.82. The first-order valence-corrected chi connectivity index (χ1v) is 8.00. The number of hydrogen-bond acceptors (Lipinski definition) is 6. The molecular weight excluding hydrogens is 405 g/mol. The molecule has 1 N–H and O–H groups in total. The van der Waals surface area contributed by atoms with Crippen LogP contribution in [0.1, 0.15) is 27.2 Å². The summed E-state index contributed by atoms with van der Waals surface area (Å²) in [5, 5.41) is 2.40. The van der Waals surface area contributed by atoms with E-state index >= 15 is 0 Å². The highest BCUT2D eigenvalue weighted by atomic mass is 127. The van der Waals surface area contributed by atoms with Gasteiger partial charge in [-0.15, -0.1) is 0 Å². The highest BCUT2D eigenvalue weighted by Crippen LogP contribution is 2.28. The maximum absolute atomic E-state index is 12.1. The monoisotopic (exact) mass is 425 g/mol. The van der Waals surface area contributed by atoms with Gasteiger partial charge in [-0.25, -0.2) is 9.59 Å². The van der Waals surface area contributed by atoms with Crippen molar-refractivity contribution in [1.29, 1.82) is 0 Å². The number of carbonyl (C=O) groups excluding carboxylic acids is 3. The van der Waals surface area contributed by atoms with E-state index in [0.29, 0.717) is 6.42 Å². The van der Waals surface area contributed by atoms with Crippen molar-refractivity contribution >= 4 is 40.6 Å². The summed E-state index contributed by atoms with van der Waals surface area (Å²) in [4.78, 5) is 35.8. The van der Waals surface area contributed by atoms with E-state index in [4.69, 9.17) is 14.2 Å². The van der Waals surface area contributed by atoms with E-state index in [0.717, 1.165) is 0 Å². The van der Waals surface area contributed by atoms with Crippen LogP contribution < -0.4 is 5.32 Å². The molecule has 0 aromatic carbocycles. The molecule has 8 heteroatoms. The molecule has 1 aliphatic rings. The molecule has 22 heavy (non-hydrogen) atoms. The maximum Gasteiger partial charge on any atom is 0.408 e. The number of nitrogens with one attached hydrogen (secondary N) is 1. The number of esters is 2. The molecule has 0 aromatic heterocycles. The van der Waals surface area contributed by atoms with Crippen LogP contribution in [0, 0.1) is 5.92 Å². The number of halogens is 1. The quantitative estimate of drug-likeness (QED) is 0.238. The molecule has 0 saturated carbocycles. The standard InChI is InChI=1S/C14H20INO6/c1-5-6-20-12(18)10(8-7-9(15)21-11(8)17)16-13(19)22-14(2,3)4/h5,8-10H,1,6-7H2,2-4H3,(H,16,19). The van der Waals surface area contributed by atoms with Crippen LogP contribution in [0.4, 0.5) is 4.79 Å². The Labute approximate surface area is 142 Å². The minimum absolute atomic E-state index is 0.0131. The number of hydrogen-bond donors (Lipinski definition) is 1. The van der Waals surface area contributed by atoms with Crippen molar-refractivity contribution in [2.75, 3.05) is 6.61 Å². The zero-order valence-electron chi connectivity index (χ0n) is 12.8. The summed E-state index contributed by atoms with van der Waals surface area (Å²) in [5.41, 5.74) is -0.721. The number of ether oxygens (including phenoxy) is 3. The van der Waals surface area contributed by atoms with Gasteiger partial charge in [0.2, 0.25) is 0 Å². The van der Waals surface area contributed by atoms with Gasteiger partial charge < -0.3 is 19.5 Å². The van der Waals surface area contributed by atoms with E-state index in [2.05, 4.69) is 11.9 Å².